The number of aliphatic hydroxyl groups is 1. The number of hydrogen-bond acceptors (Lipinski definition) is 9. The second kappa shape index (κ2) is 14.2. The molecule has 1 N–H and O–H groups in total. The van der Waals surface area contributed by atoms with Crippen LogP contribution in [-0.4, -0.2) is 90.6 Å². The minimum Gasteiger partial charge on any atom is -0.475 e. The van der Waals surface area contributed by atoms with Gasteiger partial charge in [-0.1, -0.05) is 19.6 Å². The summed E-state index contributed by atoms with van der Waals surface area (Å²) in [5.41, 5.74) is 2.62. The molecule has 0 aliphatic carbocycles. The zero-order valence-electron chi connectivity index (χ0n) is 22.8. The van der Waals surface area contributed by atoms with E-state index in [2.05, 4.69) is 29.7 Å². The van der Waals surface area contributed by atoms with Crippen LogP contribution in [0.15, 0.2) is 24.7 Å². The number of aliphatic hydroxyl groups excluding tert-OH is 1. The van der Waals surface area contributed by atoms with E-state index in [-0.39, 0.29) is 12.8 Å². The Hall–Kier alpha value is -2.35. The molecule has 0 aromatic carbocycles. The zero-order valence-corrected chi connectivity index (χ0v) is 23.8. The van der Waals surface area contributed by atoms with Crippen LogP contribution in [0.25, 0.3) is 22.2 Å². The Bertz CT molecular complexity index is 1130. The minimum atomic E-state index is -1.13. The van der Waals surface area contributed by atoms with Crippen LogP contribution in [0.5, 0.6) is 5.88 Å². The lowest BCUT2D eigenvalue weighted by Crippen LogP contribution is -2.22. The second-order valence-electron chi connectivity index (χ2n) is 10.6. The maximum atomic E-state index is 8.73. The molecule has 0 bridgehead atoms. The molecule has 3 aromatic rings. The monoisotopic (exact) mass is 547 g/mol. The highest BCUT2D eigenvalue weighted by Gasteiger charge is 2.23. The molecule has 1 fully saturated rings. The van der Waals surface area contributed by atoms with Crippen LogP contribution in [0.2, 0.25) is 25.7 Å². The smallest absolute Gasteiger partial charge is 0.214 e. The number of aromatic nitrogens is 5. The molecule has 11 nitrogen and oxygen atoms in total. The van der Waals surface area contributed by atoms with Gasteiger partial charge in [-0.3, -0.25) is 0 Å². The Morgan fingerprint density at radius 2 is 1.84 bits per heavy atom. The molecule has 0 radical (unpaired) electrons. The quantitative estimate of drug-likeness (QED) is 0.212. The van der Waals surface area contributed by atoms with Gasteiger partial charge in [0.05, 0.1) is 50.9 Å². The standard InChI is InChI=1S/C26H41N5O6Si/c1-38(2,3)15-14-35-20-30-19-21(17-28-30)26-22-16-24(36-13-12-34-11-10-33-9-7-32)27-18-23(22)31(29-26)25-6-4-5-8-37-25/h16-19,25,32H,4-15,20H2,1-3H3. The lowest BCUT2D eigenvalue weighted by Gasteiger charge is -2.23. The van der Waals surface area contributed by atoms with Gasteiger partial charge in [-0.25, -0.2) is 14.3 Å². The Labute approximate surface area is 225 Å². The highest BCUT2D eigenvalue weighted by atomic mass is 28.3. The Morgan fingerprint density at radius 3 is 2.61 bits per heavy atom. The van der Waals surface area contributed by atoms with Crippen molar-refractivity contribution >= 4 is 19.0 Å². The van der Waals surface area contributed by atoms with Crippen LogP contribution >= 0.6 is 0 Å². The van der Waals surface area contributed by atoms with Gasteiger partial charge in [0.2, 0.25) is 5.88 Å². The summed E-state index contributed by atoms with van der Waals surface area (Å²) in [5, 5.41) is 19.1. The minimum absolute atomic E-state index is 0.00990. The third-order valence-corrected chi connectivity index (χ3v) is 7.91. The summed E-state index contributed by atoms with van der Waals surface area (Å²) in [6.45, 7) is 10.9. The molecular weight excluding hydrogens is 506 g/mol. The van der Waals surface area contributed by atoms with Gasteiger partial charge in [-0.15, -0.1) is 0 Å². The molecule has 1 unspecified atom stereocenters. The van der Waals surface area contributed by atoms with Gasteiger partial charge >= 0.3 is 0 Å². The topological polar surface area (TPSA) is 115 Å². The molecule has 4 heterocycles. The van der Waals surface area contributed by atoms with Crippen LogP contribution in [0.4, 0.5) is 0 Å². The normalized spacial score (nSPS) is 16.4. The van der Waals surface area contributed by atoms with E-state index in [1.165, 1.54) is 0 Å². The Balaban J connectivity index is 1.45. The second-order valence-corrected chi connectivity index (χ2v) is 16.2. The van der Waals surface area contributed by atoms with Crippen molar-refractivity contribution in [1.82, 2.24) is 24.5 Å². The first-order chi connectivity index (χ1) is 18.4. The average Bonchev–Trinajstić information content (AvgIpc) is 3.53. The van der Waals surface area contributed by atoms with E-state index >= 15 is 0 Å². The van der Waals surface area contributed by atoms with Crippen molar-refractivity contribution in [3.05, 3.63) is 24.7 Å². The van der Waals surface area contributed by atoms with Gasteiger partial charge in [0.25, 0.3) is 0 Å². The van der Waals surface area contributed by atoms with Crippen molar-refractivity contribution in [3.63, 3.8) is 0 Å². The zero-order chi connectivity index (χ0) is 26.8. The van der Waals surface area contributed by atoms with E-state index < -0.39 is 8.07 Å². The molecule has 3 aromatic heterocycles. The van der Waals surface area contributed by atoms with Gasteiger partial charge in [0.1, 0.15) is 19.0 Å². The summed E-state index contributed by atoms with van der Waals surface area (Å²) in [5.74, 6) is 0.505. The number of nitrogens with zero attached hydrogens (tertiary/aromatic N) is 5. The van der Waals surface area contributed by atoms with Gasteiger partial charge in [0, 0.05) is 44.5 Å². The number of pyridine rings is 1. The number of hydrogen-bond donors (Lipinski definition) is 1. The van der Waals surface area contributed by atoms with E-state index in [0.717, 1.165) is 60.7 Å². The first-order valence-electron chi connectivity index (χ1n) is 13.4. The predicted molar refractivity (Wildman–Crippen MR) is 146 cm³/mol. The largest absolute Gasteiger partial charge is 0.475 e. The fourth-order valence-electron chi connectivity index (χ4n) is 4.13. The first kappa shape index (κ1) is 28.6. The molecule has 1 aliphatic heterocycles. The fraction of sp³-hybridized carbons (Fsp3) is 0.654. The molecule has 0 amide bonds. The van der Waals surface area contributed by atoms with Crippen molar-refractivity contribution in [1.29, 1.82) is 0 Å². The summed E-state index contributed by atoms with van der Waals surface area (Å²) >= 11 is 0. The summed E-state index contributed by atoms with van der Waals surface area (Å²) in [7, 11) is -1.13. The highest BCUT2D eigenvalue weighted by molar-refractivity contribution is 6.76. The number of fused-ring (bicyclic) bond motifs is 1. The third kappa shape index (κ3) is 8.32. The van der Waals surface area contributed by atoms with Crippen molar-refractivity contribution in [2.75, 3.05) is 52.9 Å². The van der Waals surface area contributed by atoms with E-state index in [0.29, 0.717) is 45.6 Å². The summed E-state index contributed by atoms with van der Waals surface area (Å²) in [4.78, 5) is 4.52. The lowest BCUT2D eigenvalue weighted by atomic mass is 10.1. The molecule has 0 saturated carbocycles. The van der Waals surface area contributed by atoms with Crippen molar-refractivity contribution in [2.45, 2.75) is 57.9 Å². The van der Waals surface area contributed by atoms with Crippen molar-refractivity contribution in [2.24, 2.45) is 0 Å². The Kier molecular flexibility index (Phi) is 10.7. The van der Waals surface area contributed by atoms with Gasteiger partial charge in [-0.05, 0) is 25.3 Å². The first-order valence-corrected chi connectivity index (χ1v) is 17.1. The molecule has 0 spiro atoms. The van der Waals surface area contributed by atoms with E-state index in [4.69, 9.17) is 33.9 Å². The van der Waals surface area contributed by atoms with Gasteiger partial charge < -0.3 is 28.8 Å². The fourth-order valence-corrected chi connectivity index (χ4v) is 4.89. The molecule has 1 saturated heterocycles. The lowest BCUT2D eigenvalue weighted by molar-refractivity contribution is -0.0365. The summed E-state index contributed by atoms with van der Waals surface area (Å²) in [6.07, 6.45) is 8.56. The van der Waals surface area contributed by atoms with Crippen molar-refractivity contribution < 1.29 is 28.8 Å². The molecule has 1 atom stereocenters. The maximum absolute atomic E-state index is 8.73. The van der Waals surface area contributed by atoms with Gasteiger partial charge in [0.15, 0.2) is 6.23 Å². The summed E-state index contributed by atoms with van der Waals surface area (Å²) in [6, 6.07) is 3.04. The van der Waals surface area contributed by atoms with Crippen LogP contribution in [0.3, 0.4) is 0 Å². The molecule has 12 heteroatoms. The van der Waals surface area contributed by atoms with E-state index in [9.17, 15) is 0 Å². The Morgan fingerprint density at radius 1 is 1.03 bits per heavy atom. The third-order valence-electron chi connectivity index (χ3n) is 6.21. The SMILES string of the molecule is C[Si](C)(C)CCOCn1cc(-c2nn(C3CCCCO3)c3cnc(OCCOCCOCCO)cc23)cn1. The van der Waals surface area contributed by atoms with Crippen LogP contribution < -0.4 is 4.74 Å². The average molecular weight is 548 g/mol. The highest BCUT2D eigenvalue weighted by Crippen LogP contribution is 2.33. The van der Waals surface area contributed by atoms with E-state index in [1.807, 2.05) is 27.8 Å². The number of rotatable bonds is 16. The molecule has 4 rings (SSSR count). The van der Waals surface area contributed by atoms with Crippen LogP contribution in [0.1, 0.15) is 25.5 Å². The van der Waals surface area contributed by atoms with Crippen LogP contribution in [-0.2, 0) is 25.7 Å². The van der Waals surface area contributed by atoms with Crippen LogP contribution in [0, 0.1) is 0 Å². The van der Waals surface area contributed by atoms with Crippen molar-refractivity contribution in [3.8, 4) is 17.1 Å². The predicted octanol–water partition coefficient (Wildman–Crippen LogP) is 3.71. The maximum Gasteiger partial charge on any atom is 0.214 e. The van der Waals surface area contributed by atoms with E-state index in [1.54, 1.807) is 6.20 Å². The molecular formula is C26H41N5O6Si. The molecule has 1 aliphatic rings. The number of ether oxygens (including phenoxy) is 5. The summed E-state index contributed by atoms with van der Waals surface area (Å²) < 4.78 is 32.2. The van der Waals surface area contributed by atoms with Gasteiger partial charge in [-0.2, -0.15) is 10.2 Å². The molecule has 210 valence electrons. The molecule has 38 heavy (non-hydrogen) atoms.